The number of methoxy groups -OCH3 is 1. The number of hydrogen-bond acceptors (Lipinski definition) is 8. The zero-order valence-corrected chi connectivity index (χ0v) is 23.9. The molecule has 1 fully saturated rings. The second kappa shape index (κ2) is 16.6. The summed E-state index contributed by atoms with van der Waals surface area (Å²) in [5.41, 5.74) is 3.07. The van der Waals surface area contributed by atoms with E-state index < -0.39 is 30.5 Å². The van der Waals surface area contributed by atoms with Crippen molar-refractivity contribution in [3.8, 4) is 0 Å². The average molecular weight is 567 g/mol. The maximum absolute atomic E-state index is 13.3. The summed E-state index contributed by atoms with van der Waals surface area (Å²) in [5.74, 6) is 0.619. The fourth-order valence-electron chi connectivity index (χ4n) is 4.58. The summed E-state index contributed by atoms with van der Waals surface area (Å²) in [6.45, 7) is 3.22. The van der Waals surface area contributed by atoms with Gasteiger partial charge in [-0.1, -0.05) is 110 Å². The Kier molecular flexibility index (Phi) is 12.6. The maximum Gasteiger partial charge on any atom is 0.220 e. The third-order valence-electron chi connectivity index (χ3n) is 6.50. The van der Waals surface area contributed by atoms with Gasteiger partial charge in [0.2, 0.25) is 5.12 Å². The van der Waals surface area contributed by atoms with Gasteiger partial charge >= 0.3 is 0 Å². The van der Waals surface area contributed by atoms with Crippen molar-refractivity contribution in [3.63, 3.8) is 0 Å². The van der Waals surface area contributed by atoms with Crippen LogP contribution >= 0.6 is 11.8 Å². The molecule has 0 amide bonds. The molecule has 0 saturated carbocycles. The third kappa shape index (κ3) is 8.97. The first-order valence-corrected chi connectivity index (χ1v) is 14.5. The molecule has 0 bridgehead atoms. The second-order valence-electron chi connectivity index (χ2n) is 9.41. The quantitative estimate of drug-likeness (QED) is 0.226. The molecule has 4 rings (SSSR count). The second-order valence-corrected chi connectivity index (χ2v) is 10.7. The molecular weight excluding hydrogens is 528 g/mol. The molecule has 214 valence electrons. The van der Waals surface area contributed by atoms with Gasteiger partial charge in [0.1, 0.15) is 31.2 Å². The topological polar surface area (TPSA) is 72.5 Å². The highest BCUT2D eigenvalue weighted by molar-refractivity contribution is 8.13. The molecule has 0 spiro atoms. The Labute approximate surface area is 241 Å². The Balaban J connectivity index is 1.61. The molecule has 5 atom stereocenters. The van der Waals surface area contributed by atoms with E-state index in [2.05, 4.69) is 0 Å². The highest BCUT2D eigenvalue weighted by Crippen LogP contribution is 2.32. The first-order valence-electron chi connectivity index (χ1n) is 13.5. The Morgan fingerprint density at radius 3 is 1.77 bits per heavy atom. The predicted molar refractivity (Wildman–Crippen MR) is 155 cm³/mol. The lowest BCUT2D eigenvalue weighted by Gasteiger charge is -2.45. The molecular formula is C32H38O7S. The lowest BCUT2D eigenvalue weighted by molar-refractivity contribution is -0.273. The molecule has 40 heavy (non-hydrogen) atoms. The van der Waals surface area contributed by atoms with Crippen LogP contribution in [0.4, 0.5) is 0 Å². The van der Waals surface area contributed by atoms with E-state index in [1.54, 1.807) is 7.11 Å². The van der Waals surface area contributed by atoms with Crippen LogP contribution in [0.15, 0.2) is 91.0 Å². The molecule has 1 aliphatic heterocycles. The number of carbonyl (C=O) groups excluding carboxylic acids is 1. The fourth-order valence-corrected chi connectivity index (χ4v) is 5.22. The molecule has 1 heterocycles. The van der Waals surface area contributed by atoms with E-state index >= 15 is 0 Å². The van der Waals surface area contributed by atoms with Gasteiger partial charge in [-0.05, 0) is 22.4 Å². The molecule has 0 aromatic heterocycles. The lowest BCUT2D eigenvalue weighted by Crippen LogP contribution is -2.62. The van der Waals surface area contributed by atoms with E-state index in [0.717, 1.165) is 16.7 Å². The van der Waals surface area contributed by atoms with Gasteiger partial charge in [0.25, 0.3) is 0 Å². The molecule has 1 aliphatic rings. The normalized spacial score (nSPS) is 22.7. The summed E-state index contributed by atoms with van der Waals surface area (Å²) < 4.78 is 36.9. The lowest BCUT2D eigenvalue weighted by atomic mass is 9.94. The van der Waals surface area contributed by atoms with Crippen molar-refractivity contribution < 1.29 is 33.2 Å². The van der Waals surface area contributed by atoms with Gasteiger partial charge in [0.05, 0.1) is 26.4 Å². The van der Waals surface area contributed by atoms with Crippen LogP contribution in [0.1, 0.15) is 23.6 Å². The summed E-state index contributed by atoms with van der Waals surface area (Å²) in [4.78, 5) is 13.3. The molecule has 0 N–H and O–H groups in total. The highest BCUT2D eigenvalue weighted by Gasteiger charge is 2.50. The monoisotopic (exact) mass is 566 g/mol. The van der Waals surface area contributed by atoms with Crippen LogP contribution in [0.3, 0.4) is 0 Å². The van der Waals surface area contributed by atoms with Crippen molar-refractivity contribution in [2.45, 2.75) is 57.3 Å². The van der Waals surface area contributed by atoms with Gasteiger partial charge in [0.15, 0.2) is 6.10 Å². The van der Waals surface area contributed by atoms with E-state index in [1.807, 2.05) is 97.9 Å². The summed E-state index contributed by atoms with van der Waals surface area (Å²) >= 11 is 1.20. The molecule has 8 heteroatoms. The Morgan fingerprint density at radius 2 is 1.25 bits per heavy atom. The number of ether oxygens (including phenoxy) is 6. The minimum absolute atomic E-state index is 0.0135. The van der Waals surface area contributed by atoms with Crippen molar-refractivity contribution in [2.24, 2.45) is 0 Å². The van der Waals surface area contributed by atoms with Gasteiger partial charge in [-0.2, -0.15) is 0 Å². The number of thioether (sulfide) groups is 1. The van der Waals surface area contributed by atoms with Gasteiger partial charge in [-0.15, -0.1) is 0 Å². The van der Waals surface area contributed by atoms with Crippen LogP contribution in [-0.4, -0.2) is 61.9 Å². The third-order valence-corrected chi connectivity index (χ3v) is 7.30. The Morgan fingerprint density at radius 1 is 0.725 bits per heavy atom. The predicted octanol–water partition coefficient (Wildman–Crippen LogP) is 5.41. The summed E-state index contributed by atoms with van der Waals surface area (Å²) in [5, 5.41) is -0.119. The molecule has 0 radical (unpaired) electrons. The van der Waals surface area contributed by atoms with Crippen LogP contribution in [0.2, 0.25) is 0 Å². The number of hydrogen-bond donors (Lipinski definition) is 0. The molecule has 1 saturated heterocycles. The summed E-state index contributed by atoms with van der Waals surface area (Å²) in [6, 6.07) is 29.8. The Hall–Kier alpha value is -2.56. The van der Waals surface area contributed by atoms with E-state index in [4.69, 9.17) is 28.4 Å². The minimum Gasteiger partial charge on any atom is -0.374 e. The number of carbonyl (C=O) groups is 1. The Bertz CT molecular complexity index is 1120. The highest BCUT2D eigenvalue weighted by atomic mass is 32.2. The van der Waals surface area contributed by atoms with E-state index in [1.165, 1.54) is 11.8 Å². The van der Waals surface area contributed by atoms with Crippen molar-refractivity contribution in [1.29, 1.82) is 0 Å². The van der Waals surface area contributed by atoms with Gasteiger partial charge in [-0.3, -0.25) is 4.79 Å². The molecule has 0 unspecified atom stereocenters. The first-order chi connectivity index (χ1) is 19.7. The van der Waals surface area contributed by atoms with Crippen molar-refractivity contribution >= 4 is 16.9 Å². The van der Waals surface area contributed by atoms with E-state index in [-0.39, 0.29) is 18.5 Å². The number of benzene rings is 3. The van der Waals surface area contributed by atoms with Crippen molar-refractivity contribution in [3.05, 3.63) is 108 Å². The van der Waals surface area contributed by atoms with Crippen LogP contribution in [-0.2, 0) is 53.0 Å². The van der Waals surface area contributed by atoms with Gasteiger partial charge < -0.3 is 28.4 Å². The van der Waals surface area contributed by atoms with E-state index in [0.29, 0.717) is 25.6 Å². The maximum atomic E-state index is 13.3. The molecule has 3 aromatic carbocycles. The zero-order valence-electron chi connectivity index (χ0n) is 23.1. The van der Waals surface area contributed by atoms with E-state index in [9.17, 15) is 4.79 Å². The smallest absolute Gasteiger partial charge is 0.220 e. The van der Waals surface area contributed by atoms with Crippen LogP contribution in [0, 0.1) is 0 Å². The average Bonchev–Trinajstić information content (AvgIpc) is 3.00. The van der Waals surface area contributed by atoms with Crippen molar-refractivity contribution in [2.75, 3.05) is 26.3 Å². The number of rotatable bonds is 15. The summed E-state index contributed by atoms with van der Waals surface area (Å²) in [6.07, 6.45) is -3.37. The van der Waals surface area contributed by atoms with Crippen LogP contribution < -0.4 is 0 Å². The van der Waals surface area contributed by atoms with Crippen molar-refractivity contribution in [1.82, 2.24) is 0 Å². The van der Waals surface area contributed by atoms with Gasteiger partial charge in [0, 0.05) is 7.11 Å². The van der Waals surface area contributed by atoms with Crippen LogP contribution in [0.5, 0.6) is 0 Å². The largest absolute Gasteiger partial charge is 0.374 e. The fraction of sp³-hybridized carbons (Fsp3) is 0.406. The standard InChI is InChI=1S/C32H38O7S/c1-3-40-32(33)31-30(38-23-34-2)29(37-21-26-17-11-6-12-18-26)28(36-20-25-15-9-5-10-16-25)27(39-31)22-35-19-24-13-7-4-8-14-24/h4-18,27-31H,3,19-23H2,1-2H3/t27-,28-,29+,30-,31-/m1/s1. The molecule has 7 nitrogen and oxygen atoms in total. The summed E-state index contributed by atoms with van der Waals surface area (Å²) in [7, 11) is 1.55. The zero-order chi connectivity index (χ0) is 28.0. The molecule has 3 aromatic rings. The van der Waals surface area contributed by atoms with Gasteiger partial charge in [-0.25, -0.2) is 0 Å². The van der Waals surface area contributed by atoms with Crippen LogP contribution in [0.25, 0.3) is 0 Å². The molecule has 0 aliphatic carbocycles. The first kappa shape index (κ1) is 30.4. The SMILES string of the molecule is CCSC(=O)[C@@H]1O[C@H](COCc2ccccc2)[C@@H](OCc2ccccc2)[C@H](OCc2ccccc2)[C@H]1OCOC. The minimum atomic E-state index is -0.872.